The molecule has 4 heteroatoms. The normalized spacial score (nSPS) is 27.8. The highest BCUT2D eigenvalue weighted by Gasteiger charge is 2.49. The molecule has 80 valence electrons. The second kappa shape index (κ2) is 3.21. The Hall–Kier alpha value is -0.610. The Morgan fingerprint density at radius 2 is 2.14 bits per heavy atom. The molecule has 1 amide bonds. The number of hydrogen-bond acceptors (Lipinski definition) is 3. The molecule has 1 saturated carbocycles. The van der Waals surface area contributed by atoms with Crippen molar-refractivity contribution >= 4 is 5.91 Å². The zero-order valence-corrected chi connectivity index (χ0v) is 8.57. The fourth-order valence-corrected chi connectivity index (χ4v) is 2.13. The zero-order valence-electron chi connectivity index (χ0n) is 8.57. The maximum atomic E-state index is 11.7. The van der Waals surface area contributed by atoms with Gasteiger partial charge in [0.25, 0.3) is 0 Å². The molecule has 2 rings (SSSR count). The Bertz CT molecular complexity index is 249. The topological polar surface area (TPSA) is 66.6 Å². The van der Waals surface area contributed by atoms with Crippen LogP contribution in [-0.2, 0) is 4.79 Å². The summed E-state index contributed by atoms with van der Waals surface area (Å²) in [7, 11) is 0. The summed E-state index contributed by atoms with van der Waals surface area (Å²) in [5, 5.41) is 9.22. The first-order valence-electron chi connectivity index (χ1n) is 5.27. The molecular weight excluding hydrogens is 180 g/mol. The predicted molar refractivity (Wildman–Crippen MR) is 52.5 cm³/mol. The van der Waals surface area contributed by atoms with Crippen molar-refractivity contribution in [1.82, 2.24) is 4.90 Å². The van der Waals surface area contributed by atoms with E-state index in [1.54, 1.807) is 6.92 Å². The molecule has 0 aromatic heterocycles. The van der Waals surface area contributed by atoms with E-state index in [9.17, 15) is 9.90 Å². The lowest BCUT2D eigenvalue weighted by molar-refractivity contribution is -0.134. The van der Waals surface area contributed by atoms with E-state index < -0.39 is 12.1 Å². The van der Waals surface area contributed by atoms with Gasteiger partial charge in [-0.25, -0.2) is 0 Å². The van der Waals surface area contributed by atoms with Crippen molar-refractivity contribution < 1.29 is 9.90 Å². The van der Waals surface area contributed by atoms with Crippen molar-refractivity contribution in [3.05, 3.63) is 0 Å². The van der Waals surface area contributed by atoms with Gasteiger partial charge in [-0.15, -0.1) is 0 Å². The van der Waals surface area contributed by atoms with E-state index >= 15 is 0 Å². The van der Waals surface area contributed by atoms with E-state index in [1.165, 1.54) is 12.8 Å². The summed E-state index contributed by atoms with van der Waals surface area (Å²) < 4.78 is 0. The molecule has 1 aliphatic carbocycles. The van der Waals surface area contributed by atoms with Gasteiger partial charge in [0.05, 0.1) is 6.10 Å². The molecule has 1 spiro atoms. The average molecular weight is 198 g/mol. The van der Waals surface area contributed by atoms with Crippen molar-refractivity contribution in [1.29, 1.82) is 0 Å². The third-order valence-corrected chi connectivity index (χ3v) is 3.51. The van der Waals surface area contributed by atoms with Gasteiger partial charge in [-0.05, 0) is 31.6 Å². The number of likely N-dealkylation sites (tertiary alicyclic amines) is 1. The number of nitrogens with two attached hydrogens (primary N) is 1. The molecule has 3 N–H and O–H groups in total. The molecule has 0 aromatic rings. The lowest BCUT2D eigenvalue weighted by Gasteiger charge is -2.22. The number of aliphatic hydroxyl groups is 1. The van der Waals surface area contributed by atoms with Crippen LogP contribution in [0.2, 0.25) is 0 Å². The van der Waals surface area contributed by atoms with Crippen molar-refractivity contribution in [2.75, 3.05) is 13.1 Å². The number of amides is 1. The maximum absolute atomic E-state index is 11.7. The number of carbonyl (C=O) groups excluding carboxylic acids is 1. The summed E-state index contributed by atoms with van der Waals surface area (Å²) in [5.41, 5.74) is 6.05. The van der Waals surface area contributed by atoms with Gasteiger partial charge in [-0.3, -0.25) is 4.79 Å². The summed E-state index contributed by atoms with van der Waals surface area (Å²) in [5.74, 6) is -0.0937. The van der Waals surface area contributed by atoms with Crippen LogP contribution in [0.4, 0.5) is 0 Å². The van der Waals surface area contributed by atoms with Gasteiger partial charge in [0.1, 0.15) is 6.04 Å². The minimum Gasteiger partial charge on any atom is -0.391 e. The van der Waals surface area contributed by atoms with Crippen molar-refractivity contribution in [2.45, 2.75) is 38.3 Å². The maximum Gasteiger partial charge on any atom is 0.242 e. The van der Waals surface area contributed by atoms with Gasteiger partial charge in [0, 0.05) is 13.1 Å². The van der Waals surface area contributed by atoms with Gasteiger partial charge in [0.2, 0.25) is 5.91 Å². The van der Waals surface area contributed by atoms with Crippen LogP contribution < -0.4 is 5.73 Å². The van der Waals surface area contributed by atoms with Crippen LogP contribution in [0.3, 0.4) is 0 Å². The van der Waals surface area contributed by atoms with Gasteiger partial charge in [0.15, 0.2) is 0 Å². The molecule has 1 aliphatic heterocycles. The van der Waals surface area contributed by atoms with Gasteiger partial charge in [-0.1, -0.05) is 0 Å². The Morgan fingerprint density at radius 3 is 2.57 bits per heavy atom. The van der Waals surface area contributed by atoms with Crippen LogP contribution in [0.5, 0.6) is 0 Å². The Kier molecular flexibility index (Phi) is 2.27. The van der Waals surface area contributed by atoms with Crippen LogP contribution in [-0.4, -0.2) is 41.1 Å². The summed E-state index contributed by atoms with van der Waals surface area (Å²) in [4.78, 5) is 13.6. The van der Waals surface area contributed by atoms with Crippen LogP contribution in [0, 0.1) is 5.41 Å². The fraction of sp³-hybridized carbons (Fsp3) is 0.900. The minimum atomic E-state index is -0.752. The number of aliphatic hydroxyl groups excluding tert-OH is 1. The average Bonchev–Trinajstić information content (AvgIpc) is 2.74. The quantitative estimate of drug-likeness (QED) is 0.640. The third-order valence-electron chi connectivity index (χ3n) is 3.51. The fourth-order valence-electron chi connectivity index (χ4n) is 2.13. The summed E-state index contributed by atoms with van der Waals surface area (Å²) >= 11 is 0. The van der Waals surface area contributed by atoms with Crippen molar-refractivity contribution in [3.8, 4) is 0 Å². The Balaban J connectivity index is 1.92. The van der Waals surface area contributed by atoms with E-state index in [0.717, 1.165) is 19.5 Å². The van der Waals surface area contributed by atoms with Gasteiger partial charge in [-0.2, -0.15) is 0 Å². The van der Waals surface area contributed by atoms with Crippen LogP contribution in [0.25, 0.3) is 0 Å². The summed E-state index contributed by atoms with van der Waals surface area (Å²) in [6, 6.07) is -0.746. The minimum absolute atomic E-state index is 0.0937. The van der Waals surface area contributed by atoms with E-state index in [-0.39, 0.29) is 5.91 Å². The highest BCUT2D eigenvalue weighted by molar-refractivity contribution is 5.82. The Morgan fingerprint density at radius 1 is 1.50 bits per heavy atom. The Labute approximate surface area is 84.1 Å². The lowest BCUT2D eigenvalue weighted by atomic mass is 10.1. The van der Waals surface area contributed by atoms with E-state index in [0.29, 0.717) is 5.41 Å². The number of rotatable bonds is 2. The molecule has 0 radical (unpaired) electrons. The highest BCUT2D eigenvalue weighted by Crippen LogP contribution is 2.52. The molecule has 0 bridgehead atoms. The van der Waals surface area contributed by atoms with E-state index in [4.69, 9.17) is 5.73 Å². The monoisotopic (exact) mass is 198 g/mol. The molecule has 2 fully saturated rings. The lowest BCUT2D eigenvalue weighted by Crippen LogP contribution is -2.48. The molecule has 0 aromatic carbocycles. The SMILES string of the molecule is C[C@H](O)[C@@H](N)C(=O)N1CCC2(CC2)C1. The van der Waals surface area contributed by atoms with Gasteiger partial charge < -0.3 is 15.7 Å². The third kappa shape index (κ3) is 1.64. The summed E-state index contributed by atoms with van der Waals surface area (Å²) in [6.07, 6.45) is 2.87. The largest absolute Gasteiger partial charge is 0.391 e. The van der Waals surface area contributed by atoms with Gasteiger partial charge >= 0.3 is 0 Å². The highest BCUT2D eigenvalue weighted by atomic mass is 16.3. The number of nitrogens with zero attached hydrogens (tertiary/aromatic N) is 1. The first-order chi connectivity index (χ1) is 6.54. The molecule has 14 heavy (non-hydrogen) atoms. The molecule has 4 nitrogen and oxygen atoms in total. The number of carbonyl (C=O) groups is 1. The summed E-state index contributed by atoms with van der Waals surface area (Å²) in [6.45, 7) is 3.23. The standard InChI is InChI=1S/C10H18N2O2/c1-7(13)8(11)9(14)12-5-4-10(6-12)2-3-10/h7-8,13H,2-6,11H2,1H3/t7-,8+/m0/s1. The number of hydrogen-bond donors (Lipinski definition) is 2. The predicted octanol–water partition coefficient (Wildman–Crippen LogP) is -0.293. The first-order valence-corrected chi connectivity index (χ1v) is 5.27. The van der Waals surface area contributed by atoms with Crippen LogP contribution >= 0.6 is 0 Å². The second-order valence-corrected chi connectivity index (χ2v) is 4.78. The molecule has 2 atom stereocenters. The van der Waals surface area contributed by atoms with Crippen molar-refractivity contribution in [2.24, 2.45) is 11.1 Å². The molecular formula is C10H18N2O2. The molecule has 1 heterocycles. The van der Waals surface area contributed by atoms with E-state index in [2.05, 4.69) is 0 Å². The molecule has 0 unspecified atom stereocenters. The second-order valence-electron chi connectivity index (χ2n) is 4.78. The van der Waals surface area contributed by atoms with Crippen molar-refractivity contribution in [3.63, 3.8) is 0 Å². The molecule has 2 aliphatic rings. The first kappa shape index (κ1) is 9.93. The molecule has 1 saturated heterocycles. The smallest absolute Gasteiger partial charge is 0.242 e. The van der Waals surface area contributed by atoms with E-state index in [1.807, 2.05) is 4.90 Å². The zero-order chi connectivity index (χ0) is 10.3. The van der Waals surface area contributed by atoms with Crippen LogP contribution in [0.15, 0.2) is 0 Å². The van der Waals surface area contributed by atoms with Crippen LogP contribution in [0.1, 0.15) is 26.2 Å².